The van der Waals surface area contributed by atoms with Crippen LogP contribution >= 0.6 is 0 Å². The number of esters is 1. The lowest BCUT2D eigenvalue weighted by molar-refractivity contribution is -0.146. The molecule has 0 heterocycles. The Bertz CT molecular complexity index is 159. The van der Waals surface area contributed by atoms with E-state index in [2.05, 4.69) is 5.32 Å². The summed E-state index contributed by atoms with van der Waals surface area (Å²) < 4.78 is 4.72. The lowest BCUT2D eigenvalue weighted by Gasteiger charge is -2.26. The van der Waals surface area contributed by atoms with Crippen LogP contribution in [0.15, 0.2) is 0 Å². The Morgan fingerprint density at radius 1 is 1.50 bits per heavy atom. The van der Waals surface area contributed by atoms with Gasteiger partial charge in [0.2, 0.25) is 0 Å². The molecule has 1 aliphatic carbocycles. The van der Waals surface area contributed by atoms with Gasteiger partial charge in [-0.25, -0.2) is 0 Å². The molecule has 0 spiro atoms. The Morgan fingerprint density at radius 2 is 2.25 bits per heavy atom. The van der Waals surface area contributed by atoms with E-state index in [0.717, 1.165) is 19.3 Å². The molecule has 3 heteroatoms. The molecular weight excluding hydrogens is 154 g/mol. The van der Waals surface area contributed by atoms with Gasteiger partial charge in [-0.05, 0) is 26.3 Å². The summed E-state index contributed by atoms with van der Waals surface area (Å²) in [4.78, 5) is 11.2. The van der Waals surface area contributed by atoms with Gasteiger partial charge < -0.3 is 10.1 Å². The van der Waals surface area contributed by atoms with E-state index >= 15 is 0 Å². The van der Waals surface area contributed by atoms with Gasteiger partial charge in [-0.2, -0.15) is 0 Å². The maximum Gasteiger partial charge on any atom is 0.308 e. The fraction of sp³-hybridized carbons (Fsp3) is 0.889. The summed E-state index contributed by atoms with van der Waals surface area (Å²) >= 11 is 0. The first-order valence-electron chi connectivity index (χ1n) is 4.53. The predicted molar refractivity (Wildman–Crippen MR) is 46.8 cm³/mol. The minimum Gasteiger partial charge on any atom is -0.469 e. The summed E-state index contributed by atoms with van der Waals surface area (Å²) in [5.41, 5.74) is 0. The Morgan fingerprint density at radius 3 is 2.83 bits per heavy atom. The molecule has 3 nitrogen and oxygen atoms in total. The number of ether oxygens (including phenoxy) is 1. The normalized spacial score (nSPS) is 29.8. The van der Waals surface area contributed by atoms with E-state index in [-0.39, 0.29) is 11.9 Å². The fourth-order valence-corrected chi connectivity index (χ4v) is 1.83. The van der Waals surface area contributed by atoms with Crippen LogP contribution in [0.3, 0.4) is 0 Å². The second kappa shape index (κ2) is 4.45. The van der Waals surface area contributed by atoms with E-state index < -0.39 is 0 Å². The first-order valence-corrected chi connectivity index (χ1v) is 4.53. The summed E-state index contributed by atoms with van der Waals surface area (Å²) in [5.74, 6) is 0.0798. The molecule has 0 saturated heterocycles. The molecule has 0 aliphatic heterocycles. The first-order chi connectivity index (χ1) is 5.77. The van der Waals surface area contributed by atoms with Crippen molar-refractivity contribution in [2.24, 2.45) is 5.92 Å². The third kappa shape index (κ3) is 2.21. The lowest BCUT2D eigenvalue weighted by atomic mass is 9.86. The van der Waals surface area contributed by atoms with Crippen LogP contribution in [0.4, 0.5) is 0 Å². The quantitative estimate of drug-likeness (QED) is 0.628. The van der Waals surface area contributed by atoms with Gasteiger partial charge in [-0.1, -0.05) is 6.42 Å². The molecule has 1 rings (SSSR count). The van der Waals surface area contributed by atoms with Gasteiger partial charge >= 0.3 is 5.97 Å². The van der Waals surface area contributed by atoms with Crippen molar-refractivity contribution < 1.29 is 9.53 Å². The molecule has 0 radical (unpaired) electrons. The van der Waals surface area contributed by atoms with Crippen molar-refractivity contribution >= 4 is 5.97 Å². The van der Waals surface area contributed by atoms with Crippen molar-refractivity contribution in [2.75, 3.05) is 14.2 Å². The Hall–Kier alpha value is -0.570. The van der Waals surface area contributed by atoms with Crippen molar-refractivity contribution in [3.05, 3.63) is 0 Å². The molecule has 0 amide bonds. The van der Waals surface area contributed by atoms with Gasteiger partial charge in [0.25, 0.3) is 0 Å². The number of carbonyl (C=O) groups is 1. The number of nitrogens with one attached hydrogen (secondary N) is 1. The molecule has 1 fully saturated rings. The van der Waals surface area contributed by atoms with Gasteiger partial charge in [0.15, 0.2) is 0 Å². The van der Waals surface area contributed by atoms with Gasteiger partial charge in [-0.15, -0.1) is 0 Å². The SMILES string of the molecule is CN[C@H]1CCC[C@@H](C(=O)OC)C1. The summed E-state index contributed by atoms with van der Waals surface area (Å²) in [6.45, 7) is 0. The van der Waals surface area contributed by atoms with Crippen LogP contribution in [0.2, 0.25) is 0 Å². The predicted octanol–water partition coefficient (Wildman–Crippen LogP) is 0.938. The van der Waals surface area contributed by atoms with E-state index in [1.54, 1.807) is 0 Å². The maximum absolute atomic E-state index is 11.2. The van der Waals surface area contributed by atoms with E-state index in [9.17, 15) is 4.79 Å². The first kappa shape index (κ1) is 9.52. The molecule has 12 heavy (non-hydrogen) atoms. The van der Waals surface area contributed by atoms with Crippen LogP contribution in [0.5, 0.6) is 0 Å². The molecule has 2 atom stereocenters. The largest absolute Gasteiger partial charge is 0.469 e. The molecule has 0 aromatic rings. The number of methoxy groups -OCH3 is 1. The number of hydrogen-bond donors (Lipinski definition) is 1. The molecule has 0 aromatic carbocycles. The van der Waals surface area contributed by atoms with E-state index in [1.807, 2.05) is 7.05 Å². The van der Waals surface area contributed by atoms with E-state index in [4.69, 9.17) is 4.74 Å². The second-order valence-electron chi connectivity index (χ2n) is 3.37. The lowest BCUT2D eigenvalue weighted by Crippen LogP contribution is -2.34. The zero-order chi connectivity index (χ0) is 8.97. The fourth-order valence-electron chi connectivity index (χ4n) is 1.83. The highest BCUT2D eigenvalue weighted by molar-refractivity contribution is 5.72. The summed E-state index contributed by atoms with van der Waals surface area (Å²) in [6, 6.07) is 0.503. The highest BCUT2D eigenvalue weighted by Gasteiger charge is 2.26. The van der Waals surface area contributed by atoms with E-state index in [0.29, 0.717) is 6.04 Å². The number of rotatable bonds is 2. The van der Waals surface area contributed by atoms with Crippen molar-refractivity contribution in [1.29, 1.82) is 0 Å². The van der Waals surface area contributed by atoms with Crippen LogP contribution in [0, 0.1) is 5.92 Å². The number of carbonyl (C=O) groups excluding carboxylic acids is 1. The third-order valence-electron chi connectivity index (χ3n) is 2.62. The Kier molecular flexibility index (Phi) is 3.53. The topological polar surface area (TPSA) is 38.3 Å². The second-order valence-corrected chi connectivity index (χ2v) is 3.37. The molecule has 1 N–H and O–H groups in total. The third-order valence-corrected chi connectivity index (χ3v) is 2.62. The highest BCUT2D eigenvalue weighted by atomic mass is 16.5. The summed E-state index contributed by atoms with van der Waals surface area (Å²) in [7, 11) is 3.41. The molecule has 70 valence electrons. The molecule has 0 bridgehead atoms. The molecule has 0 unspecified atom stereocenters. The van der Waals surface area contributed by atoms with E-state index in [1.165, 1.54) is 13.5 Å². The average Bonchev–Trinajstić information content (AvgIpc) is 2.17. The van der Waals surface area contributed by atoms with Gasteiger partial charge in [0.1, 0.15) is 0 Å². The molecule has 1 saturated carbocycles. The van der Waals surface area contributed by atoms with Crippen molar-refractivity contribution in [3.8, 4) is 0 Å². The van der Waals surface area contributed by atoms with Gasteiger partial charge in [0.05, 0.1) is 13.0 Å². The van der Waals surface area contributed by atoms with Crippen LogP contribution in [0.25, 0.3) is 0 Å². The summed E-state index contributed by atoms with van der Waals surface area (Å²) in [6.07, 6.45) is 4.24. The van der Waals surface area contributed by atoms with Crippen LogP contribution in [-0.4, -0.2) is 26.2 Å². The molecular formula is C9H17NO2. The van der Waals surface area contributed by atoms with Crippen LogP contribution in [0.1, 0.15) is 25.7 Å². The average molecular weight is 171 g/mol. The Labute approximate surface area is 73.5 Å². The standard InChI is InChI=1S/C9H17NO2/c1-10-8-5-3-4-7(6-8)9(11)12-2/h7-8,10H,3-6H2,1-2H3/t7-,8+/m1/s1. The molecule has 0 aromatic heterocycles. The van der Waals surface area contributed by atoms with Crippen LogP contribution < -0.4 is 5.32 Å². The summed E-state index contributed by atoms with van der Waals surface area (Å²) in [5, 5.41) is 3.21. The van der Waals surface area contributed by atoms with Crippen molar-refractivity contribution in [3.63, 3.8) is 0 Å². The monoisotopic (exact) mass is 171 g/mol. The zero-order valence-corrected chi connectivity index (χ0v) is 7.80. The Balaban J connectivity index is 2.40. The van der Waals surface area contributed by atoms with Gasteiger partial charge in [-0.3, -0.25) is 4.79 Å². The van der Waals surface area contributed by atoms with Crippen molar-refractivity contribution in [2.45, 2.75) is 31.7 Å². The van der Waals surface area contributed by atoms with Crippen molar-refractivity contribution in [1.82, 2.24) is 5.32 Å². The zero-order valence-electron chi connectivity index (χ0n) is 7.80. The van der Waals surface area contributed by atoms with Gasteiger partial charge in [0, 0.05) is 6.04 Å². The molecule has 1 aliphatic rings. The minimum atomic E-state index is -0.0463. The van der Waals surface area contributed by atoms with Crippen LogP contribution in [-0.2, 0) is 9.53 Å². The smallest absolute Gasteiger partial charge is 0.308 e. The minimum absolute atomic E-state index is 0.0463. The highest BCUT2D eigenvalue weighted by Crippen LogP contribution is 2.24. The maximum atomic E-state index is 11.2. The number of hydrogen-bond acceptors (Lipinski definition) is 3.